The summed E-state index contributed by atoms with van der Waals surface area (Å²) in [5.74, 6) is 0.237. The van der Waals surface area contributed by atoms with Crippen LogP contribution in [0.3, 0.4) is 0 Å². The van der Waals surface area contributed by atoms with E-state index >= 15 is 0 Å². The second-order valence-corrected chi connectivity index (χ2v) is 7.70. The van der Waals surface area contributed by atoms with Gasteiger partial charge in [-0.05, 0) is 72.6 Å². The van der Waals surface area contributed by atoms with Gasteiger partial charge in [-0.25, -0.2) is 0 Å². The lowest BCUT2D eigenvalue weighted by Crippen LogP contribution is -2.23. The van der Waals surface area contributed by atoms with Crippen LogP contribution in [0.5, 0.6) is 5.75 Å². The number of carbonyl (C=O) groups is 2. The van der Waals surface area contributed by atoms with Crippen molar-refractivity contribution in [3.8, 4) is 5.75 Å². The summed E-state index contributed by atoms with van der Waals surface area (Å²) in [6, 6.07) is 13.0. The summed E-state index contributed by atoms with van der Waals surface area (Å²) in [4.78, 5) is 30.7. The molecule has 2 amide bonds. The third kappa shape index (κ3) is 5.06. The molecule has 6 nitrogen and oxygen atoms in total. The molecule has 1 fully saturated rings. The molecule has 3 rings (SSSR count). The van der Waals surface area contributed by atoms with Crippen molar-refractivity contribution in [1.82, 2.24) is 4.90 Å². The number of nitrogens with zero attached hydrogens (tertiary/aromatic N) is 2. The molecule has 0 spiro atoms. The summed E-state index contributed by atoms with van der Waals surface area (Å²) >= 11 is 1.33. The summed E-state index contributed by atoms with van der Waals surface area (Å²) < 4.78 is 5.62. The van der Waals surface area contributed by atoms with Crippen LogP contribution in [0.4, 0.5) is 5.69 Å². The van der Waals surface area contributed by atoms with Crippen LogP contribution in [0.1, 0.15) is 16.7 Å². The molecule has 0 saturated carbocycles. The van der Waals surface area contributed by atoms with Gasteiger partial charge < -0.3 is 10.1 Å². The van der Waals surface area contributed by atoms with Crippen molar-refractivity contribution < 1.29 is 14.3 Å². The molecule has 7 heteroatoms. The van der Waals surface area contributed by atoms with Gasteiger partial charge in [0.1, 0.15) is 5.75 Å². The predicted octanol–water partition coefficient (Wildman–Crippen LogP) is 3.85. The first-order valence-electron chi connectivity index (χ1n) is 9.11. The maximum atomic E-state index is 12.3. The average Bonchev–Trinajstić information content (AvgIpc) is 2.97. The molecular formula is C22H23N3O3S. The molecule has 2 aromatic rings. The first-order valence-corrected chi connectivity index (χ1v) is 9.93. The zero-order valence-electron chi connectivity index (χ0n) is 16.9. The number of hydrogen-bond acceptors (Lipinski definition) is 5. The van der Waals surface area contributed by atoms with Crippen molar-refractivity contribution in [2.24, 2.45) is 4.99 Å². The molecule has 0 radical (unpaired) electrons. The van der Waals surface area contributed by atoms with Gasteiger partial charge >= 0.3 is 0 Å². The van der Waals surface area contributed by atoms with Crippen LogP contribution < -0.4 is 10.1 Å². The number of rotatable bonds is 5. The maximum absolute atomic E-state index is 12.3. The minimum absolute atomic E-state index is 0.0882. The number of amidine groups is 1. The minimum atomic E-state index is -0.232. The molecule has 1 N–H and O–H groups in total. The van der Waals surface area contributed by atoms with E-state index in [9.17, 15) is 9.59 Å². The summed E-state index contributed by atoms with van der Waals surface area (Å²) in [6.07, 6.45) is 1.80. The van der Waals surface area contributed by atoms with Crippen LogP contribution in [-0.2, 0) is 9.59 Å². The molecule has 29 heavy (non-hydrogen) atoms. The molecule has 150 valence electrons. The van der Waals surface area contributed by atoms with E-state index in [1.54, 1.807) is 32.3 Å². The second kappa shape index (κ2) is 8.96. The van der Waals surface area contributed by atoms with Crippen LogP contribution in [0, 0.1) is 13.8 Å². The number of ether oxygens (including phenoxy) is 1. The Kier molecular flexibility index (Phi) is 6.39. The number of carbonyl (C=O) groups excluding carboxylic acids is 2. The van der Waals surface area contributed by atoms with Crippen LogP contribution in [-0.4, -0.2) is 42.6 Å². The van der Waals surface area contributed by atoms with Gasteiger partial charge in [0, 0.05) is 19.8 Å². The Hall–Kier alpha value is -3.06. The Morgan fingerprint density at radius 1 is 1.21 bits per heavy atom. The van der Waals surface area contributed by atoms with Crippen molar-refractivity contribution in [1.29, 1.82) is 0 Å². The van der Waals surface area contributed by atoms with Gasteiger partial charge in [-0.15, -0.1) is 0 Å². The first kappa shape index (κ1) is 20.7. The highest BCUT2D eigenvalue weighted by molar-refractivity contribution is 8.18. The molecule has 0 atom stereocenters. The molecule has 0 aliphatic carbocycles. The van der Waals surface area contributed by atoms with Gasteiger partial charge in [0.2, 0.25) is 0 Å². The van der Waals surface area contributed by atoms with Crippen molar-refractivity contribution in [2.45, 2.75) is 13.8 Å². The largest absolute Gasteiger partial charge is 0.484 e. The standard InChI is InChI=1S/C22H23N3O3S/c1-14-8-9-17(10-15(14)2)24-20(26)13-28-18-7-5-6-16(11-18)12-19-21(27)25(4)22(23-3)29-19/h5-12H,13H2,1-4H3,(H,24,26). The lowest BCUT2D eigenvalue weighted by Gasteiger charge is -2.09. The third-order valence-corrected chi connectivity index (χ3v) is 5.66. The van der Waals surface area contributed by atoms with Gasteiger partial charge in [-0.1, -0.05) is 18.2 Å². The third-order valence-electron chi connectivity index (χ3n) is 4.51. The van der Waals surface area contributed by atoms with Crippen molar-refractivity contribution in [3.63, 3.8) is 0 Å². The number of thioether (sulfide) groups is 1. The number of aliphatic imine (C=N–C) groups is 1. The van der Waals surface area contributed by atoms with E-state index in [1.807, 2.05) is 44.2 Å². The smallest absolute Gasteiger partial charge is 0.266 e. The van der Waals surface area contributed by atoms with E-state index < -0.39 is 0 Å². The lowest BCUT2D eigenvalue weighted by molar-refractivity contribution is -0.121. The number of amides is 2. The molecule has 1 aliphatic rings. The summed E-state index contributed by atoms with van der Waals surface area (Å²) in [5.41, 5.74) is 3.85. The van der Waals surface area contributed by atoms with E-state index in [1.165, 1.54) is 22.2 Å². The molecule has 1 aliphatic heterocycles. The number of hydrogen-bond donors (Lipinski definition) is 1. The molecule has 0 unspecified atom stereocenters. The first-order chi connectivity index (χ1) is 13.9. The van der Waals surface area contributed by atoms with Gasteiger partial charge in [0.05, 0.1) is 4.91 Å². The van der Waals surface area contributed by atoms with Crippen LogP contribution in [0.25, 0.3) is 6.08 Å². The van der Waals surface area contributed by atoms with Gasteiger partial charge in [-0.2, -0.15) is 0 Å². The van der Waals surface area contributed by atoms with E-state index in [4.69, 9.17) is 4.74 Å². The molecular weight excluding hydrogens is 386 g/mol. The molecule has 1 saturated heterocycles. The monoisotopic (exact) mass is 409 g/mol. The Balaban J connectivity index is 1.63. The Morgan fingerprint density at radius 2 is 2.00 bits per heavy atom. The zero-order chi connectivity index (χ0) is 21.0. The van der Waals surface area contributed by atoms with E-state index in [0.717, 1.165) is 16.8 Å². The van der Waals surface area contributed by atoms with Crippen LogP contribution >= 0.6 is 11.8 Å². The van der Waals surface area contributed by atoms with Crippen molar-refractivity contribution in [2.75, 3.05) is 26.0 Å². The fraction of sp³-hybridized carbons (Fsp3) is 0.227. The Morgan fingerprint density at radius 3 is 2.69 bits per heavy atom. The highest BCUT2D eigenvalue weighted by Gasteiger charge is 2.29. The Bertz CT molecular complexity index is 1010. The van der Waals surface area contributed by atoms with Gasteiger partial charge in [0.25, 0.3) is 11.8 Å². The fourth-order valence-electron chi connectivity index (χ4n) is 2.76. The zero-order valence-corrected chi connectivity index (χ0v) is 17.7. The second-order valence-electron chi connectivity index (χ2n) is 6.69. The van der Waals surface area contributed by atoms with E-state index in [-0.39, 0.29) is 18.4 Å². The maximum Gasteiger partial charge on any atom is 0.266 e. The normalized spacial score (nSPS) is 16.6. The SMILES string of the molecule is CN=C1SC(=Cc2cccc(OCC(=O)Nc3ccc(C)c(C)c3)c2)C(=O)N1C. The summed E-state index contributed by atoms with van der Waals surface area (Å²) in [5, 5.41) is 3.50. The van der Waals surface area contributed by atoms with Gasteiger partial charge in [-0.3, -0.25) is 19.5 Å². The predicted molar refractivity (Wildman–Crippen MR) is 118 cm³/mol. The molecule has 0 bridgehead atoms. The number of benzene rings is 2. The van der Waals surface area contributed by atoms with E-state index in [2.05, 4.69) is 10.3 Å². The summed E-state index contributed by atoms with van der Waals surface area (Å²) in [6.45, 7) is 3.93. The summed E-state index contributed by atoms with van der Waals surface area (Å²) in [7, 11) is 3.36. The van der Waals surface area contributed by atoms with Crippen LogP contribution in [0.2, 0.25) is 0 Å². The molecule has 1 heterocycles. The number of nitrogens with one attached hydrogen (secondary N) is 1. The number of aryl methyl sites for hydroxylation is 2. The molecule has 2 aromatic carbocycles. The lowest BCUT2D eigenvalue weighted by atomic mass is 10.1. The van der Waals surface area contributed by atoms with Crippen molar-refractivity contribution >= 4 is 40.5 Å². The van der Waals surface area contributed by atoms with Crippen LogP contribution in [0.15, 0.2) is 52.4 Å². The number of likely N-dealkylation sites (N-methyl/N-ethyl adjacent to an activating group) is 1. The molecule has 0 aromatic heterocycles. The van der Waals surface area contributed by atoms with Gasteiger partial charge in [0.15, 0.2) is 11.8 Å². The highest BCUT2D eigenvalue weighted by Crippen LogP contribution is 2.31. The quantitative estimate of drug-likeness (QED) is 0.762. The highest BCUT2D eigenvalue weighted by atomic mass is 32.2. The fourth-order valence-corrected chi connectivity index (χ4v) is 3.69. The topological polar surface area (TPSA) is 71.0 Å². The Labute approximate surface area is 174 Å². The average molecular weight is 410 g/mol. The van der Waals surface area contributed by atoms with E-state index in [0.29, 0.717) is 15.8 Å². The van der Waals surface area contributed by atoms with Crippen molar-refractivity contribution in [3.05, 3.63) is 64.1 Å². The number of anilines is 1. The minimum Gasteiger partial charge on any atom is -0.484 e.